The van der Waals surface area contributed by atoms with Gasteiger partial charge < -0.3 is 10.8 Å². The number of halogens is 1. The van der Waals surface area contributed by atoms with Crippen LogP contribution in [0.3, 0.4) is 0 Å². The van der Waals surface area contributed by atoms with Gasteiger partial charge in [-0.05, 0) is 13.3 Å². The number of carboxylic acid groups (broad SMARTS) is 1. The highest BCUT2D eigenvalue weighted by Crippen LogP contribution is 2.12. The molecule has 5 nitrogen and oxygen atoms in total. The molecular formula is C8H12ClN3O2. The Bertz CT molecular complexity index is 318. The second kappa shape index (κ2) is 4.43. The van der Waals surface area contributed by atoms with Crippen LogP contribution in [-0.2, 0) is 11.3 Å². The van der Waals surface area contributed by atoms with Crippen molar-refractivity contribution >= 4 is 17.6 Å². The maximum absolute atomic E-state index is 10.4. The first kappa shape index (κ1) is 11.0. The Morgan fingerprint density at radius 3 is 2.93 bits per heavy atom. The molecule has 1 heterocycles. The van der Waals surface area contributed by atoms with Crippen molar-refractivity contribution in [3.63, 3.8) is 0 Å². The summed E-state index contributed by atoms with van der Waals surface area (Å²) in [6, 6.07) is -0.849. The molecule has 0 aliphatic heterocycles. The summed E-state index contributed by atoms with van der Waals surface area (Å²) in [4.78, 5) is 10.4. The molecule has 1 atom stereocenters. The molecule has 1 aromatic rings. The molecule has 1 rings (SSSR count). The van der Waals surface area contributed by atoms with Crippen molar-refractivity contribution < 1.29 is 9.90 Å². The third kappa shape index (κ3) is 2.71. The van der Waals surface area contributed by atoms with Gasteiger partial charge in [0.2, 0.25) is 0 Å². The molecule has 1 unspecified atom stereocenters. The van der Waals surface area contributed by atoms with E-state index in [1.54, 1.807) is 17.8 Å². The number of aliphatic carboxylic acids is 1. The molecule has 78 valence electrons. The summed E-state index contributed by atoms with van der Waals surface area (Å²) < 4.78 is 1.60. The van der Waals surface area contributed by atoms with Crippen LogP contribution in [0.5, 0.6) is 0 Å². The first-order chi connectivity index (χ1) is 6.50. The molecule has 0 fully saturated rings. The lowest BCUT2D eigenvalue weighted by Gasteiger charge is -2.05. The van der Waals surface area contributed by atoms with Crippen molar-refractivity contribution in [1.29, 1.82) is 0 Å². The Balaban J connectivity index is 2.50. The van der Waals surface area contributed by atoms with E-state index >= 15 is 0 Å². The highest BCUT2D eigenvalue weighted by molar-refractivity contribution is 6.31. The van der Waals surface area contributed by atoms with Gasteiger partial charge in [0.25, 0.3) is 0 Å². The molecule has 0 bridgehead atoms. The van der Waals surface area contributed by atoms with E-state index in [1.165, 1.54) is 0 Å². The van der Waals surface area contributed by atoms with Crippen molar-refractivity contribution in [2.45, 2.75) is 25.9 Å². The summed E-state index contributed by atoms with van der Waals surface area (Å²) in [7, 11) is 0. The molecule has 14 heavy (non-hydrogen) atoms. The minimum atomic E-state index is -1.00. The first-order valence-electron chi connectivity index (χ1n) is 4.18. The van der Waals surface area contributed by atoms with Crippen molar-refractivity contribution in [3.8, 4) is 0 Å². The highest BCUT2D eigenvalue weighted by atomic mass is 35.5. The molecule has 0 saturated heterocycles. The van der Waals surface area contributed by atoms with Crippen LogP contribution in [0.2, 0.25) is 5.02 Å². The fraction of sp³-hybridized carbons (Fsp3) is 0.500. The van der Waals surface area contributed by atoms with Crippen LogP contribution < -0.4 is 5.73 Å². The van der Waals surface area contributed by atoms with E-state index in [2.05, 4.69) is 5.10 Å². The van der Waals surface area contributed by atoms with Gasteiger partial charge in [-0.3, -0.25) is 9.48 Å². The maximum atomic E-state index is 10.4. The van der Waals surface area contributed by atoms with Gasteiger partial charge in [0.05, 0.1) is 10.7 Å². The normalized spacial score (nSPS) is 12.8. The van der Waals surface area contributed by atoms with E-state index in [9.17, 15) is 4.79 Å². The van der Waals surface area contributed by atoms with Crippen molar-refractivity contribution in [2.24, 2.45) is 5.73 Å². The first-order valence-corrected chi connectivity index (χ1v) is 4.56. The van der Waals surface area contributed by atoms with E-state index in [-0.39, 0.29) is 0 Å². The summed E-state index contributed by atoms with van der Waals surface area (Å²) in [5, 5.41) is 13.2. The van der Waals surface area contributed by atoms with Gasteiger partial charge in [-0.25, -0.2) is 0 Å². The fourth-order valence-electron chi connectivity index (χ4n) is 1.00. The van der Waals surface area contributed by atoms with Gasteiger partial charge in [0.1, 0.15) is 6.04 Å². The average Bonchev–Trinajstić information content (AvgIpc) is 2.42. The zero-order valence-electron chi connectivity index (χ0n) is 7.77. The second-order valence-electron chi connectivity index (χ2n) is 3.06. The van der Waals surface area contributed by atoms with E-state index in [0.717, 1.165) is 5.69 Å². The van der Waals surface area contributed by atoms with E-state index in [1.807, 2.05) is 0 Å². The molecule has 1 aromatic heterocycles. The minimum Gasteiger partial charge on any atom is -0.480 e. The number of aromatic nitrogens is 2. The molecule has 0 aliphatic carbocycles. The maximum Gasteiger partial charge on any atom is 0.320 e. The summed E-state index contributed by atoms with van der Waals surface area (Å²) >= 11 is 5.78. The van der Waals surface area contributed by atoms with Gasteiger partial charge in [-0.1, -0.05) is 11.6 Å². The largest absolute Gasteiger partial charge is 0.480 e. The Morgan fingerprint density at radius 1 is 1.86 bits per heavy atom. The molecule has 6 heteroatoms. The van der Waals surface area contributed by atoms with Gasteiger partial charge >= 0.3 is 5.97 Å². The number of hydrogen-bond donors (Lipinski definition) is 2. The molecule has 0 aromatic carbocycles. The van der Waals surface area contributed by atoms with Gasteiger partial charge in [-0.2, -0.15) is 5.10 Å². The predicted molar refractivity (Wildman–Crippen MR) is 52.2 cm³/mol. The van der Waals surface area contributed by atoms with E-state index in [0.29, 0.717) is 18.0 Å². The highest BCUT2D eigenvalue weighted by Gasteiger charge is 2.11. The molecule has 0 saturated carbocycles. The number of nitrogens with zero attached hydrogens (tertiary/aromatic N) is 2. The zero-order chi connectivity index (χ0) is 10.7. The number of carboxylic acids is 1. The summed E-state index contributed by atoms with van der Waals surface area (Å²) in [5.74, 6) is -1.00. The van der Waals surface area contributed by atoms with Gasteiger partial charge in [0.15, 0.2) is 0 Å². The van der Waals surface area contributed by atoms with Gasteiger partial charge in [0, 0.05) is 12.7 Å². The average molecular weight is 218 g/mol. The van der Waals surface area contributed by atoms with Crippen LogP contribution in [0.1, 0.15) is 12.1 Å². The Kier molecular flexibility index (Phi) is 3.49. The predicted octanol–water partition coefficient (Wildman–Crippen LogP) is 0.647. The van der Waals surface area contributed by atoms with Crippen LogP contribution >= 0.6 is 11.6 Å². The molecule has 0 radical (unpaired) electrons. The standard InChI is InChI=1S/C8H12ClN3O2/c1-5-6(9)4-12(11-5)3-2-7(10)8(13)14/h4,7H,2-3,10H2,1H3,(H,13,14). The number of nitrogens with two attached hydrogens (primary N) is 1. The molecule has 3 N–H and O–H groups in total. The van der Waals surface area contributed by atoms with E-state index < -0.39 is 12.0 Å². The summed E-state index contributed by atoms with van der Waals surface area (Å²) in [6.07, 6.45) is 2.00. The summed E-state index contributed by atoms with van der Waals surface area (Å²) in [5.41, 5.74) is 6.07. The lowest BCUT2D eigenvalue weighted by Crippen LogP contribution is -2.31. The quantitative estimate of drug-likeness (QED) is 0.776. The summed E-state index contributed by atoms with van der Waals surface area (Å²) in [6.45, 7) is 2.25. The Labute approximate surface area is 86.5 Å². The lowest BCUT2D eigenvalue weighted by molar-refractivity contribution is -0.138. The fourth-order valence-corrected chi connectivity index (χ4v) is 1.15. The minimum absolute atomic E-state index is 0.340. The molecule has 0 amide bonds. The van der Waals surface area contributed by atoms with Crippen molar-refractivity contribution in [2.75, 3.05) is 0 Å². The van der Waals surface area contributed by atoms with Crippen LogP contribution in [0.4, 0.5) is 0 Å². The number of aryl methyl sites for hydroxylation is 2. The number of hydrogen-bond acceptors (Lipinski definition) is 3. The molecule has 0 spiro atoms. The zero-order valence-corrected chi connectivity index (χ0v) is 8.53. The lowest BCUT2D eigenvalue weighted by atomic mass is 10.2. The second-order valence-corrected chi connectivity index (χ2v) is 3.47. The van der Waals surface area contributed by atoms with Gasteiger partial charge in [-0.15, -0.1) is 0 Å². The Morgan fingerprint density at radius 2 is 2.50 bits per heavy atom. The number of carbonyl (C=O) groups is 1. The van der Waals surface area contributed by atoms with Crippen LogP contribution in [-0.4, -0.2) is 26.9 Å². The van der Waals surface area contributed by atoms with Crippen LogP contribution in [0, 0.1) is 6.92 Å². The van der Waals surface area contributed by atoms with E-state index in [4.69, 9.17) is 22.4 Å². The van der Waals surface area contributed by atoms with Crippen molar-refractivity contribution in [3.05, 3.63) is 16.9 Å². The monoisotopic (exact) mass is 217 g/mol. The third-order valence-corrected chi connectivity index (χ3v) is 2.24. The topological polar surface area (TPSA) is 81.1 Å². The third-order valence-electron chi connectivity index (χ3n) is 1.87. The molecular weight excluding hydrogens is 206 g/mol. The Hall–Kier alpha value is -1.07. The SMILES string of the molecule is Cc1nn(CCC(N)C(=O)O)cc1Cl. The van der Waals surface area contributed by atoms with Crippen LogP contribution in [0.25, 0.3) is 0 Å². The van der Waals surface area contributed by atoms with Crippen LogP contribution in [0.15, 0.2) is 6.20 Å². The molecule has 0 aliphatic rings. The number of rotatable bonds is 4. The van der Waals surface area contributed by atoms with Crippen molar-refractivity contribution in [1.82, 2.24) is 9.78 Å². The smallest absolute Gasteiger partial charge is 0.320 e.